The monoisotopic (exact) mass is 674 g/mol. The Morgan fingerprint density at radius 1 is 0.618 bits per heavy atom. The van der Waals surface area contributed by atoms with Gasteiger partial charge < -0.3 is 0 Å². The highest BCUT2D eigenvalue weighted by Gasteiger charge is 2.53. The van der Waals surface area contributed by atoms with Gasteiger partial charge in [0.1, 0.15) is 0 Å². The fourth-order valence-electron chi connectivity index (χ4n) is 5.49. The van der Waals surface area contributed by atoms with Crippen LogP contribution in [0.25, 0.3) is 22.3 Å². The second kappa shape index (κ2) is 7.87. The SMILES string of the molecule is O=C(Cl)c1ccc2c(c1)C1(c3cc(Br)ccc3-c3ccc(Br)cc31)c1c-2ccc(C(=O)Cl)c1Br. The number of rotatable bonds is 2. The third-order valence-corrected chi connectivity index (χ3v) is 8.96. The maximum absolute atomic E-state index is 12.3. The molecule has 2 nitrogen and oxygen atoms in total. The maximum Gasteiger partial charge on any atom is 0.253 e. The van der Waals surface area contributed by atoms with Crippen molar-refractivity contribution < 1.29 is 9.59 Å². The summed E-state index contributed by atoms with van der Waals surface area (Å²) in [6.07, 6.45) is 0. The number of benzene rings is 4. The molecule has 0 radical (unpaired) electrons. The molecule has 0 unspecified atom stereocenters. The highest BCUT2D eigenvalue weighted by atomic mass is 79.9. The van der Waals surface area contributed by atoms with Crippen molar-refractivity contribution in [2.45, 2.75) is 5.41 Å². The van der Waals surface area contributed by atoms with E-state index in [1.165, 1.54) is 0 Å². The van der Waals surface area contributed by atoms with Crippen LogP contribution in [-0.2, 0) is 5.41 Å². The van der Waals surface area contributed by atoms with Gasteiger partial charge in [-0.1, -0.05) is 56.1 Å². The van der Waals surface area contributed by atoms with Gasteiger partial charge in [0.15, 0.2) is 0 Å². The van der Waals surface area contributed by atoms with E-state index >= 15 is 0 Å². The molecule has 7 heteroatoms. The summed E-state index contributed by atoms with van der Waals surface area (Å²) < 4.78 is 2.49. The summed E-state index contributed by atoms with van der Waals surface area (Å²) in [6.45, 7) is 0. The predicted octanol–water partition coefficient (Wildman–Crippen LogP) is 9.08. The van der Waals surface area contributed by atoms with Crippen molar-refractivity contribution in [2.75, 3.05) is 0 Å². The quantitative estimate of drug-likeness (QED) is 0.172. The van der Waals surface area contributed by atoms with E-state index in [1.54, 1.807) is 12.1 Å². The lowest BCUT2D eigenvalue weighted by Gasteiger charge is -2.32. The molecule has 0 amide bonds. The molecule has 0 atom stereocenters. The fraction of sp³-hybridized carbons (Fsp3) is 0.0370. The molecule has 2 aliphatic carbocycles. The summed E-state index contributed by atoms with van der Waals surface area (Å²) in [6, 6.07) is 21.7. The van der Waals surface area contributed by atoms with Crippen molar-refractivity contribution in [1.29, 1.82) is 0 Å². The van der Waals surface area contributed by atoms with E-state index in [0.717, 1.165) is 53.5 Å². The lowest BCUT2D eigenvalue weighted by Crippen LogP contribution is -2.27. The Hall–Kier alpha value is -1.76. The van der Waals surface area contributed by atoms with Crippen molar-refractivity contribution >= 4 is 81.5 Å². The first-order valence-corrected chi connectivity index (χ1v) is 13.4. The summed E-state index contributed by atoms with van der Waals surface area (Å²) in [4.78, 5) is 24.6. The molecule has 2 aliphatic rings. The number of fused-ring (bicyclic) bond motifs is 10. The Bertz CT molecular complexity index is 1560. The molecule has 1 spiro atoms. The van der Waals surface area contributed by atoms with E-state index in [1.807, 2.05) is 30.3 Å². The van der Waals surface area contributed by atoms with Crippen molar-refractivity contribution in [2.24, 2.45) is 0 Å². The van der Waals surface area contributed by atoms with Crippen LogP contribution < -0.4 is 0 Å². The van der Waals surface area contributed by atoms with Crippen molar-refractivity contribution in [3.8, 4) is 22.3 Å². The van der Waals surface area contributed by atoms with E-state index in [-0.39, 0.29) is 0 Å². The van der Waals surface area contributed by atoms with Gasteiger partial charge in [-0.05, 0) is 126 Å². The van der Waals surface area contributed by atoms with Crippen LogP contribution >= 0.6 is 71.0 Å². The molecular formula is C27H11Br3Cl2O2. The minimum Gasteiger partial charge on any atom is -0.276 e. The van der Waals surface area contributed by atoms with Crippen LogP contribution in [0.4, 0.5) is 0 Å². The van der Waals surface area contributed by atoms with E-state index in [4.69, 9.17) is 23.2 Å². The average molecular weight is 678 g/mol. The lowest BCUT2D eigenvalue weighted by molar-refractivity contribution is 0.107. The van der Waals surface area contributed by atoms with Gasteiger partial charge in [0, 0.05) is 24.5 Å². The molecule has 6 rings (SSSR count). The largest absolute Gasteiger partial charge is 0.276 e. The van der Waals surface area contributed by atoms with Gasteiger partial charge in [0.2, 0.25) is 0 Å². The number of carbonyl (C=O) groups excluding carboxylic acids is 2. The van der Waals surface area contributed by atoms with Crippen LogP contribution in [0.1, 0.15) is 43.0 Å². The van der Waals surface area contributed by atoms with Crippen molar-refractivity contribution in [1.82, 2.24) is 0 Å². The molecule has 0 heterocycles. The molecule has 34 heavy (non-hydrogen) atoms. The third-order valence-electron chi connectivity index (χ3n) is 6.73. The molecule has 0 aromatic heterocycles. The summed E-state index contributed by atoms with van der Waals surface area (Å²) in [5.74, 6) is 0. The van der Waals surface area contributed by atoms with Gasteiger partial charge in [-0.2, -0.15) is 0 Å². The Labute approximate surface area is 230 Å². The number of halogens is 5. The highest BCUT2D eigenvalue weighted by molar-refractivity contribution is 9.11. The first-order chi connectivity index (χ1) is 16.2. The Balaban J connectivity index is 1.88. The topological polar surface area (TPSA) is 34.1 Å². The molecule has 166 valence electrons. The summed E-state index contributed by atoms with van der Waals surface area (Å²) in [5, 5.41) is -1.06. The first kappa shape index (κ1) is 22.7. The van der Waals surface area contributed by atoms with Gasteiger partial charge in [-0.3, -0.25) is 9.59 Å². The normalized spacial score (nSPS) is 13.9. The van der Waals surface area contributed by atoms with E-state index in [0.29, 0.717) is 15.6 Å². The standard InChI is InChI=1S/C27H11Br3Cl2O2/c28-13-2-5-15-16-6-3-14(29)11-22(16)27(21(15)10-13)20-9-12(25(31)33)1-4-17(20)18-7-8-19(26(32)34)24(30)23(18)27/h1-11H. The fourth-order valence-corrected chi connectivity index (χ4v) is 7.43. The maximum atomic E-state index is 12.3. The van der Waals surface area contributed by atoms with Gasteiger partial charge in [0.05, 0.1) is 5.41 Å². The van der Waals surface area contributed by atoms with Crippen LogP contribution in [-0.4, -0.2) is 10.5 Å². The molecule has 4 aromatic rings. The van der Waals surface area contributed by atoms with E-state index < -0.39 is 15.9 Å². The minimum absolute atomic E-state index is 0.390. The van der Waals surface area contributed by atoms with Crippen LogP contribution in [0.3, 0.4) is 0 Å². The second-order valence-electron chi connectivity index (χ2n) is 8.29. The molecule has 0 N–H and O–H groups in total. The smallest absolute Gasteiger partial charge is 0.253 e. The zero-order chi connectivity index (χ0) is 23.9. The van der Waals surface area contributed by atoms with Gasteiger partial charge >= 0.3 is 0 Å². The van der Waals surface area contributed by atoms with Crippen LogP contribution in [0.15, 0.2) is 80.1 Å². The van der Waals surface area contributed by atoms with Crippen LogP contribution in [0.5, 0.6) is 0 Å². The van der Waals surface area contributed by atoms with Crippen molar-refractivity contribution in [3.63, 3.8) is 0 Å². The van der Waals surface area contributed by atoms with E-state index in [9.17, 15) is 9.59 Å². The van der Waals surface area contributed by atoms with Gasteiger partial charge in [-0.15, -0.1) is 0 Å². The number of hydrogen-bond donors (Lipinski definition) is 0. The number of carbonyl (C=O) groups is 2. The average Bonchev–Trinajstić information content (AvgIpc) is 3.25. The molecule has 0 saturated carbocycles. The molecule has 0 aliphatic heterocycles. The lowest BCUT2D eigenvalue weighted by atomic mass is 9.70. The second-order valence-corrected chi connectivity index (χ2v) is 11.6. The number of hydrogen-bond acceptors (Lipinski definition) is 2. The Kier molecular flexibility index (Phi) is 5.25. The van der Waals surface area contributed by atoms with Gasteiger partial charge in [0.25, 0.3) is 10.5 Å². The molecule has 4 aromatic carbocycles. The van der Waals surface area contributed by atoms with E-state index in [2.05, 4.69) is 72.1 Å². The zero-order valence-corrected chi connectivity index (χ0v) is 23.3. The molecule has 0 bridgehead atoms. The van der Waals surface area contributed by atoms with Crippen LogP contribution in [0, 0.1) is 0 Å². The summed E-state index contributed by atoms with van der Waals surface area (Å²) in [7, 11) is 0. The minimum atomic E-state index is -0.785. The molecule has 0 saturated heterocycles. The van der Waals surface area contributed by atoms with Crippen molar-refractivity contribution in [3.05, 3.63) is 114 Å². The molecule has 0 fully saturated rings. The molecular weight excluding hydrogens is 667 g/mol. The predicted molar refractivity (Wildman–Crippen MR) is 146 cm³/mol. The first-order valence-electron chi connectivity index (χ1n) is 10.2. The zero-order valence-electron chi connectivity index (χ0n) is 17.1. The summed E-state index contributed by atoms with van der Waals surface area (Å²) >= 11 is 23.0. The summed E-state index contributed by atoms with van der Waals surface area (Å²) in [5.41, 5.74) is 8.09. The van der Waals surface area contributed by atoms with Gasteiger partial charge in [-0.25, -0.2) is 0 Å². The Morgan fingerprint density at radius 3 is 1.68 bits per heavy atom. The highest BCUT2D eigenvalue weighted by Crippen LogP contribution is 2.65. The Morgan fingerprint density at radius 2 is 1.12 bits per heavy atom. The third kappa shape index (κ3) is 2.91. The van der Waals surface area contributed by atoms with Crippen LogP contribution in [0.2, 0.25) is 0 Å².